The maximum absolute atomic E-state index is 5.45. The van der Waals surface area contributed by atoms with E-state index in [1.165, 1.54) is 0 Å². The molecule has 0 radical (unpaired) electrons. The molecule has 0 amide bonds. The zero-order chi connectivity index (χ0) is 10.8. The van der Waals surface area contributed by atoms with Gasteiger partial charge in [-0.2, -0.15) is 0 Å². The van der Waals surface area contributed by atoms with Gasteiger partial charge in [-0.05, 0) is 29.0 Å². The maximum atomic E-state index is 5.45. The monoisotopic (exact) mass is 269 g/mol. The van der Waals surface area contributed by atoms with Crippen LogP contribution in [0.25, 0.3) is 0 Å². The molecular weight excluding hydrogens is 258 g/mol. The summed E-state index contributed by atoms with van der Waals surface area (Å²) in [6, 6.07) is 1.90. The highest BCUT2D eigenvalue weighted by molar-refractivity contribution is 9.10. The van der Waals surface area contributed by atoms with Crippen molar-refractivity contribution in [2.24, 2.45) is 7.05 Å². The largest absolute Gasteiger partial charge is 0.466 e. The molecule has 0 fully saturated rings. The number of hydrogen-bond donors (Lipinski definition) is 1. The number of aryl methyl sites for hydroxylation is 1. The molecular formula is C10H12BrN3O. The summed E-state index contributed by atoms with van der Waals surface area (Å²) >= 11 is 3.45. The normalized spacial score (nSPS) is 13.0. The quantitative estimate of drug-likeness (QED) is 0.928. The van der Waals surface area contributed by atoms with Gasteiger partial charge in [-0.1, -0.05) is 0 Å². The number of nitrogens with one attached hydrogen (secondary N) is 1. The summed E-state index contributed by atoms with van der Waals surface area (Å²) in [6.45, 7) is 0. The highest BCUT2D eigenvalue weighted by atomic mass is 79.9. The summed E-state index contributed by atoms with van der Waals surface area (Å²) in [5.41, 5.74) is 1.06. The molecule has 0 saturated carbocycles. The van der Waals surface area contributed by atoms with Gasteiger partial charge >= 0.3 is 0 Å². The number of nitrogens with zero attached hydrogens (tertiary/aromatic N) is 2. The van der Waals surface area contributed by atoms with E-state index in [1.54, 1.807) is 12.6 Å². The average Bonchev–Trinajstić information content (AvgIpc) is 2.80. The van der Waals surface area contributed by atoms with Gasteiger partial charge in [0.2, 0.25) is 0 Å². The van der Waals surface area contributed by atoms with Crippen molar-refractivity contribution in [2.75, 3.05) is 7.05 Å². The van der Waals surface area contributed by atoms with Gasteiger partial charge in [-0.3, -0.25) is 0 Å². The van der Waals surface area contributed by atoms with Crippen molar-refractivity contribution in [3.63, 3.8) is 0 Å². The molecule has 0 aliphatic rings. The number of rotatable bonds is 3. The third-order valence-electron chi connectivity index (χ3n) is 2.35. The Kier molecular flexibility index (Phi) is 2.93. The van der Waals surface area contributed by atoms with Crippen molar-refractivity contribution >= 4 is 15.9 Å². The van der Waals surface area contributed by atoms with Crippen LogP contribution in [-0.2, 0) is 7.05 Å². The first-order chi connectivity index (χ1) is 7.24. The Labute approximate surface area is 96.4 Å². The van der Waals surface area contributed by atoms with Crippen LogP contribution in [-0.4, -0.2) is 16.6 Å². The Hall–Kier alpha value is -1.07. The van der Waals surface area contributed by atoms with Gasteiger partial charge in [0.1, 0.15) is 11.8 Å². The second kappa shape index (κ2) is 4.20. The van der Waals surface area contributed by atoms with Crippen LogP contribution in [0, 0.1) is 0 Å². The van der Waals surface area contributed by atoms with Gasteiger partial charge in [-0.25, -0.2) is 4.98 Å². The zero-order valence-electron chi connectivity index (χ0n) is 8.57. The van der Waals surface area contributed by atoms with Gasteiger partial charge in [0, 0.05) is 7.05 Å². The molecule has 2 aromatic heterocycles. The Morgan fingerprint density at radius 2 is 2.40 bits per heavy atom. The van der Waals surface area contributed by atoms with Crippen LogP contribution >= 0.6 is 15.9 Å². The molecule has 2 aromatic rings. The molecule has 2 rings (SSSR count). The maximum Gasteiger partial charge on any atom is 0.140 e. The summed E-state index contributed by atoms with van der Waals surface area (Å²) in [4.78, 5) is 4.10. The molecule has 0 saturated heterocycles. The zero-order valence-corrected chi connectivity index (χ0v) is 10.2. The molecule has 2 heterocycles. The Morgan fingerprint density at radius 3 is 2.87 bits per heavy atom. The summed E-state index contributed by atoms with van der Waals surface area (Å²) in [5, 5.41) is 3.20. The summed E-state index contributed by atoms with van der Waals surface area (Å²) in [5.74, 6) is 0.862. The van der Waals surface area contributed by atoms with Crippen molar-refractivity contribution in [3.8, 4) is 0 Å². The van der Waals surface area contributed by atoms with Gasteiger partial charge < -0.3 is 14.3 Å². The van der Waals surface area contributed by atoms with E-state index in [4.69, 9.17) is 4.42 Å². The second-order valence-corrected chi connectivity index (χ2v) is 4.14. The van der Waals surface area contributed by atoms with E-state index in [0.717, 1.165) is 15.9 Å². The molecule has 15 heavy (non-hydrogen) atoms. The van der Waals surface area contributed by atoms with Crippen molar-refractivity contribution in [2.45, 2.75) is 6.04 Å². The lowest BCUT2D eigenvalue weighted by molar-refractivity contribution is 0.451. The Bertz CT molecular complexity index is 409. The van der Waals surface area contributed by atoms with E-state index in [9.17, 15) is 0 Å². The smallest absolute Gasteiger partial charge is 0.140 e. The lowest BCUT2D eigenvalue weighted by Crippen LogP contribution is -2.19. The lowest BCUT2D eigenvalue weighted by atomic mass is 10.1. The molecule has 0 aromatic carbocycles. The van der Waals surface area contributed by atoms with Gasteiger partial charge in [0.25, 0.3) is 0 Å². The van der Waals surface area contributed by atoms with Crippen LogP contribution in [0.15, 0.2) is 33.7 Å². The average molecular weight is 270 g/mol. The number of hydrogen-bond acceptors (Lipinski definition) is 3. The molecule has 4 nitrogen and oxygen atoms in total. The molecule has 0 aliphatic carbocycles. The number of aromatic nitrogens is 2. The second-order valence-electron chi connectivity index (χ2n) is 3.28. The SMILES string of the molecule is CNC(c1occc1Br)c1cncn1C. The lowest BCUT2D eigenvalue weighted by Gasteiger charge is -2.14. The fourth-order valence-corrected chi connectivity index (χ4v) is 2.00. The van der Waals surface area contributed by atoms with Gasteiger partial charge in [0.15, 0.2) is 0 Å². The molecule has 5 heteroatoms. The molecule has 1 unspecified atom stereocenters. The highest BCUT2D eigenvalue weighted by Crippen LogP contribution is 2.28. The van der Waals surface area contributed by atoms with E-state index >= 15 is 0 Å². The molecule has 0 spiro atoms. The Balaban J connectivity index is 2.41. The first kappa shape index (κ1) is 10.4. The van der Waals surface area contributed by atoms with Crippen molar-refractivity contribution in [3.05, 3.63) is 40.8 Å². The first-order valence-electron chi connectivity index (χ1n) is 4.60. The minimum atomic E-state index is 0.0156. The number of imidazole rings is 1. The molecule has 80 valence electrons. The van der Waals surface area contributed by atoms with Crippen LogP contribution in [0.2, 0.25) is 0 Å². The third-order valence-corrected chi connectivity index (χ3v) is 3.00. The van der Waals surface area contributed by atoms with Crippen LogP contribution in [0.5, 0.6) is 0 Å². The molecule has 1 N–H and O–H groups in total. The minimum Gasteiger partial charge on any atom is -0.466 e. The van der Waals surface area contributed by atoms with Crippen LogP contribution < -0.4 is 5.32 Å². The van der Waals surface area contributed by atoms with Gasteiger partial charge in [0.05, 0.1) is 29.0 Å². The summed E-state index contributed by atoms with van der Waals surface area (Å²) in [7, 11) is 3.86. The minimum absolute atomic E-state index is 0.0156. The molecule has 0 aliphatic heterocycles. The van der Waals surface area contributed by atoms with E-state index in [0.29, 0.717) is 0 Å². The predicted octanol–water partition coefficient (Wildman–Crippen LogP) is 2.08. The summed E-state index contributed by atoms with van der Waals surface area (Å²) in [6.07, 6.45) is 5.27. The predicted molar refractivity (Wildman–Crippen MR) is 60.5 cm³/mol. The van der Waals surface area contributed by atoms with E-state index < -0.39 is 0 Å². The van der Waals surface area contributed by atoms with Crippen molar-refractivity contribution in [1.29, 1.82) is 0 Å². The van der Waals surface area contributed by atoms with Crippen LogP contribution in [0.4, 0.5) is 0 Å². The third kappa shape index (κ3) is 1.85. The van der Waals surface area contributed by atoms with Crippen molar-refractivity contribution in [1.82, 2.24) is 14.9 Å². The van der Waals surface area contributed by atoms with E-state index in [2.05, 4.69) is 26.2 Å². The fourth-order valence-electron chi connectivity index (χ4n) is 1.57. The Morgan fingerprint density at radius 1 is 1.60 bits per heavy atom. The van der Waals surface area contributed by atoms with Crippen LogP contribution in [0.1, 0.15) is 17.5 Å². The first-order valence-corrected chi connectivity index (χ1v) is 5.39. The highest BCUT2D eigenvalue weighted by Gasteiger charge is 2.20. The number of halogens is 1. The standard InChI is InChI=1S/C10H12BrN3O/c1-12-9(8-5-13-6-14(8)2)10-7(11)3-4-15-10/h3-6,9,12H,1-2H3. The molecule has 1 atom stereocenters. The molecule has 0 bridgehead atoms. The van der Waals surface area contributed by atoms with E-state index in [1.807, 2.05) is 30.9 Å². The number of furan rings is 1. The van der Waals surface area contributed by atoms with Crippen LogP contribution in [0.3, 0.4) is 0 Å². The van der Waals surface area contributed by atoms with Gasteiger partial charge in [-0.15, -0.1) is 0 Å². The topological polar surface area (TPSA) is 43.0 Å². The van der Waals surface area contributed by atoms with E-state index in [-0.39, 0.29) is 6.04 Å². The van der Waals surface area contributed by atoms with Crippen molar-refractivity contribution < 1.29 is 4.42 Å². The fraction of sp³-hybridized carbons (Fsp3) is 0.300. The summed E-state index contributed by atoms with van der Waals surface area (Å²) < 4.78 is 8.38.